The zero-order valence-electron chi connectivity index (χ0n) is 16.1. The van der Waals surface area contributed by atoms with Crippen LogP contribution in [0.25, 0.3) is 0 Å². The summed E-state index contributed by atoms with van der Waals surface area (Å²) in [6.07, 6.45) is 7.83. The lowest BCUT2D eigenvalue weighted by Crippen LogP contribution is -3.14. The summed E-state index contributed by atoms with van der Waals surface area (Å²) in [5.74, 6) is 1.85. The molecule has 140 valence electrons. The van der Waals surface area contributed by atoms with Crippen molar-refractivity contribution < 1.29 is 19.2 Å². The van der Waals surface area contributed by atoms with Crippen LogP contribution in [0.1, 0.15) is 59.3 Å². The van der Waals surface area contributed by atoms with Crippen LogP contribution in [0, 0.1) is 29.1 Å². The van der Waals surface area contributed by atoms with Crippen LogP contribution in [0.15, 0.2) is 0 Å². The summed E-state index contributed by atoms with van der Waals surface area (Å²) in [5.41, 5.74) is 0.251. The van der Waals surface area contributed by atoms with Crippen molar-refractivity contribution >= 4 is 5.97 Å². The average molecular weight is 349 g/mol. The summed E-state index contributed by atoms with van der Waals surface area (Å²) in [5, 5.41) is 0. The third-order valence-corrected chi connectivity index (χ3v) is 8.57. The molecule has 1 N–H and O–H groups in total. The number of quaternary nitrogens is 1. The Morgan fingerprint density at radius 3 is 2.88 bits per heavy atom. The molecule has 1 unspecified atom stereocenters. The molecule has 9 atom stereocenters. The third kappa shape index (κ3) is 2.22. The molecule has 2 aliphatic carbocycles. The van der Waals surface area contributed by atoms with Gasteiger partial charge in [0.25, 0.3) is 0 Å². The summed E-state index contributed by atoms with van der Waals surface area (Å²) in [6.45, 7) is 10.5. The molecule has 4 nitrogen and oxygen atoms in total. The summed E-state index contributed by atoms with van der Waals surface area (Å²) in [6, 6.07) is 0. The molecule has 0 aromatic heterocycles. The first-order valence-corrected chi connectivity index (χ1v) is 10.7. The van der Waals surface area contributed by atoms with Crippen molar-refractivity contribution in [3.05, 3.63) is 0 Å². The molecule has 4 heteroatoms. The molecule has 0 radical (unpaired) electrons. The Labute approximate surface area is 151 Å². The number of nitrogens with one attached hydrogen (secondary N) is 1. The van der Waals surface area contributed by atoms with Gasteiger partial charge in [0.05, 0.1) is 25.7 Å². The number of piperidine rings is 1. The number of hydrogen-bond donors (Lipinski definition) is 1. The minimum absolute atomic E-state index is 0.0448. The fourth-order valence-corrected chi connectivity index (χ4v) is 7.36. The van der Waals surface area contributed by atoms with E-state index in [2.05, 4.69) is 20.8 Å². The topological polar surface area (TPSA) is 43.3 Å². The molecule has 5 aliphatic rings. The largest absolute Gasteiger partial charge is 0.462 e. The Morgan fingerprint density at radius 2 is 2.08 bits per heavy atom. The van der Waals surface area contributed by atoms with Crippen molar-refractivity contribution in [2.24, 2.45) is 29.1 Å². The van der Waals surface area contributed by atoms with Crippen molar-refractivity contribution in [1.82, 2.24) is 0 Å². The number of ether oxygens (including phenoxy) is 2. The number of epoxide rings is 1. The van der Waals surface area contributed by atoms with E-state index in [0.29, 0.717) is 11.8 Å². The maximum Gasteiger partial charge on any atom is 0.315 e. The number of fused-ring (bicyclic) bond motifs is 2. The molecule has 25 heavy (non-hydrogen) atoms. The van der Waals surface area contributed by atoms with Gasteiger partial charge in [-0.25, -0.2) is 0 Å². The molecular weight excluding hydrogens is 314 g/mol. The Bertz CT molecular complexity index is 579. The van der Waals surface area contributed by atoms with E-state index in [0.717, 1.165) is 18.9 Å². The van der Waals surface area contributed by atoms with E-state index < -0.39 is 0 Å². The van der Waals surface area contributed by atoms with Gasteiger partial charge in [0.15, 0.2) is 0 Å². The van der Waals surface area contributed by atoms with Gasteiger partial charge in [0.1, 0.15) is 17.6 Å². The maximum atomic E-state index is 12.8. The molecule has 0 aromatic rings. The van der Waals surface area contributed by atoms with Crippen molar-refractivity contribution in [2.75, 3.05) is 19.6 Å². The van der Waals surface area contributed by atoms with Crippen LogP contribution in [0.2, 0.25) is 0 Å². The van der Waals surface area contributed by atoms with Crippen LogP contribution in [0.5, 0.6) is 0 Å². The van der Waals surface area contributed by atoms with Crippen molar-refractivity contribution in [1.29, 1.82) is 0 Å². The number of carbonyl (C=O) groups is 1. The highest BCUT2D eigenvalue weighted by Crippen LogP contribution is 2.70. The fourth-order valence-electron chi connectivity index (χ4n) is 7.36. The minimum Gasteiger partial charge on any atom is -0.462 e. The molecule has 1 spiro atoms. The van der Waals surface area contributed by atoms with Gasteiger partial charge in [-0.2, -0.15) is 0 Å². The molecule has 5 fully saturated rings. The zero-order chi connectivity index (χ0) is 17.4. The van der Waals surface area contributed by atoms with E-state index in [-0.39, 0.29) is 35.1 Å². The quantitative estimate of drug-likeness (QED) is 0.612. The van der Waals surface area contributed by atoms with Crippen LogP contribution < -0.4 is 4.90 Å². The summed E-state index contributed by atoms with van der Waals surface area (Å²) < 4.78 is 12.5. The minimum atomic E-state index is 0.0448. The molecular formula is C21H34NO3+. The van der Waals surface area contributed by atoms with Crippen LogP contribution in [0.3, 0.4) is 0 Å². The van der Waals surface area contributed by atoms with E-state index in [4.69, 9.17) is 9.47 Å². The fraction of sp³-hybridized carbons (Fsp3) is 0.952. The molecule has 0 bridgehead atoms. The number of rotatable bonds is 2. The number of carbonyl (C=O) groups excluding carboxylic acids is 1. The molecule has 3 aliphatic heterocycles. The summed E-state index contributed by atoms with van der Waals surface area (Å²) in [4.78, 5) is 14.4. The highest BCUT2D eigenvalue weighted by molar-refractivity contribution is 5.76. The Hall–Kier alpha value is -0.610. The van der Waals surface area contributed by atoms with Crippen molar-refractivity contribution in [3.8, 4) is 0 Å². The van der Waals surface area contributed by atoms with Crippen LogP contribution in [-0.2, 0) is 14.3 Å². The highest BCUT2D eigenvalue weighted by atomic mass is 16.6. The van der Waals surface area contributed by atoms with Gasteiger partial charge in [0, 0.05) is 17.3 Å². The zero-order valence-corrected chi connectivity index (χ0v) is 16.1. The first-order valence-electron chi connectivity index (χ1n) is 10.7. The Morgan fingerprint density at radius 1 is 1.24 bits per heavy atom. The van der Waals surface area contributed by atoms with Gasteiger partial charge >= 0.3 is 5.97 Å². The monoisotopic (exact) mass is 348 g/mol. The summed E-state index contributed by atoms with van der Waals surface area (Å²) >= 11 is 0. The Kier molecular flexibility index (Phi) is 3.61. The smallest absolute Gasteiger partial charge is 0.315 e. The van der Waals surface area contributed by atoms with Crippen molar-refractivity contribution in [2.45, 2.75) is 77.1 Å². The van der Waals surface area contributed by atoms with Gasteiger partial charge in [-0.05, 0) is 38.0 Å². The first kappa shape index (κ1) is 16.6. The van der Waals surface area contributed by atoms with E-state index in [1.807, 2.05) is 0 Å². The predicted octanol–water partition coefficient (Wildman–Crippen LogP) is 1.83. The molecule has 0 amide bonds. The van der Waals surface area contributed by atoms with Gasteiger partial charge in [0.2, 0.25) is 0 Å². The normalized spacial score (nSPS) is 57.2. The van der Waals surface area contributed by atoms with E-state index in [1.165, 1.54) is 45.2 Å². The SMILES string of the molecule is C[C@@H]1CCC[NH+](C[C@@H]2C(=O)O[C@H]3C[C@]4(C)CCC[C@@H](C)[C@@]45O[C@H]5[C@@H]32)C1. The van der Waals surface area contributed by atoms with Crippen LogP contribution in [0.4, 0.5) is 0 Å². The second-order valence-corrected chi connectivity index (χ2v) is 10.2. The van der Waals surface area contributed by atoms with Crippen LogP contribution in [-0.4, -0.2) is 43.4 Å². The summed E-state index contributed by atoms with van der Waals surface area (Å²) in [7, 11) is 0. The predicted molar refractivity (Wildman–Crippen MR) is 94.2 cm³/mol. The third-order valence-electron chi connectivity index (χ3n) is 8.57. The number of esters is 1. The lowest BCUT2D eigenvalue weighted by atomic mass is 9.53. The second-order valence-electron chi connectivity index (χ2n) is 10.2. The second kappa shape index (κ2) is 5.45. The standard InChI is InChI=1S/C21H33NO3/c1-13-6-5-9-22(11-13)12-15-17-16(24-19(15)23)10-20(3)8-4-7-14(2)21(20)18(17)25-21/h13-18H,4-12H2,1-3H3/p+1/t13-,14-,15+,16+,17-,18+,20+,21+/m1/s1. The Balaban J connectivity index is 1.39. The van der Waals surface area contributed by atoms with Crippen molar-refractivity contribution in [3.63, 3.8) is 0 Å². The van der Waals surface area contributed by atoms with Gasteiger partial charge in [-0.1, -0.05) is 27.2 Å². The number of hydrogen-bond acceptors (Lipinski definition) is 3. The molecule has 5 rings (SSSR count). The number of likely N-dealkylation sites (tertiary alicyclic amines) is 1. The lowest BCUT2D eigenvalue weighted by Gasteiger charge is -2.48. The molecule has 2 saturated carbocycles. The van der Waals surface area contributed by atoms with Gasteiger partial charge < -0.3 is 14.4 Å². The maximum absolute atomic E-state index is 12.8. The van der Waals surface area contributed by atoms with E-state index in [9.17, 15) is 4.79 Å². The van der Waals surface area contributed by atoms with Gasteiger partial charge in [-0.15, -0.1) is 0 Å². The van der Waals surface area contributed by atoms with Crippen LogP contribution >= 0.6 is 0 Å². The van der Waals surface area contributed by atoms with Gasteiger partial charge in [-0.3, -0.25) is 4.79 Å². The van der Waals surface area contributed by atoms with E-state index in [1.54, 1.807) is 4.90 Å². The molecule has 0 aromatic carbocycles. The van der Waals surface area contributed by atoms with E-state index >= 15 is 0 Å². The average Bonchev–Trinajstić information content (AvgIpc) is 3.23. The molecule has 3 saturated heterocycles. The first-order chi connectivity index (χ1) is 11.9. The highest BCUT2D eigenvalue weighted by Gasteiger charge is 2.78. The molecule has 3 heterocycles. The lowest BCUT2D eigenvalue weighted by molar-refractivity contribution is -0.911.